The molecule has 312 valence electrons. The summed E-state index contributed by atoms with van der Waals surface area (Å²) in [5, 5.41) is 87.4. The van der Waals surface area contributed by atoms with Crippen molar-refractivity contribution in [2.45, 2.75) is 185 Å². The van der Waals surface area contributed by atoms with Crippen LogP contribution in [0.2, 0.25) is 0 Å². The first-order valence-corrected chi connectivity index (χ1v) is 20.5. The van der Waals surface area contributed by atoms with Crippen LogP contribution in [-0.4, -0.2) is 139 Å². The van der Waals surface area contributed by atoms with E-state index in [0.29, 0.717) is 32.1 Å². The molecule has 14 heteroatoms. The van der Waals surface area contributed by atoms with Crippen molar-refractivity contribution < 1.29 is 69.3 Å². The summed E-state index contributed by atoms with van der Waals surface area (Å²) in [6.07, 6.45) is -8.17. The molecule has 0 aromatic heterocycles. The summed E-state index contributed by atoms with van der Waals surface area (Å²) >= 11 is 0. The second-order valence-corrected chi connectivity index (χ2v) is 20.3. The summed E-state index contributed by atoms with van der Waals surface area (Å²) in [4.78, 5) is 13.7. The Hall–Kier alpha value is -1.27. The van der Waals surface area contributed by atoms with Crippen LogP contribution >= 0.6 is 0 Å². The highest BCUT2D eigenvalue weighted by molar-refractivity contribution is 5.86. The van der Waals surface area contributed by atoms with Crippen LogP contribution in [0.1, 0.15) is 106 Å². The average molecular weight is 781 g/mol. The minimum atomic E-state index is -1.72. The maximum atomic E-state index is 13.7. The normalized spacial score (nSPS) is 57.2. The van der Waals surface area contributed by atoms with E-state index in [1.165, 1.54) is 0 Å². The predicted molar refractivity (Wildman–Crippen MR) is 192 cm³/mol. The van der Waals surface area contributed by atoms with Gasteiger partial charge in [-0.1, -0.05) is 34.6 Å². The van der Waals surface area contributed by atoms with Gasteiger partial charge in [0.05, 0.1) is 30.8 Å². The molecular weight excluding hydrogens is 716 g/mol. The topological polar surface area (TPSA) is 225 Å². The van der Waals surface area contributed by atoms with Gasteiger partial charge in [0.1, 0.15) is 53.9 Å². The third-order valence-corrected chi connectivity index (χ3v) is 17.6. The predicted octanol–water partition coefficient (Wildman–Crippen LogP) is 1.20. The molecule has 9 aliphatic rings. The van der Waals surface area contributed by atoms with E-state index in [-0.39, 0.29) is 41.3 Å². The number of fused-ring (bicyclic) bond motifs is 7. The smallest absolute Gasteiger partial charge is 0.317 e. The van der Waals surface area contributed by atoms with Crippen molar-refractivity contribution in [3.63, 3.8) is 0 Å². The lowest BCUT2D eigenvalue weighted by Crippen LogP contribution is -2.72. The number of carbonyl (C=O) groups is 1. The van der Waals surface area contributed by atoms with Crippen molar-refractivity contribution in [2.24, 2.45) is 38.9 Å². The van der Waals surface area contributed by atoms with Crippen molar-refractivity contribution in [2.75, 3.05) is 13.2 Å². The molecule has 0 aromatic rings. The summed E-state index contributed by atoms with van der Waals surface area (Å²) < 4.78 is 30.2. The van der Waals surface area contributed by atoms with Gasteiger partial charge in [-0.2, -0.15) is 0 Å². The van der Waals surface area contributed by atoms with Gasteiger partial charge in [0, 0.05) is 0 Å². The van der Waals surface area contributed by atoms with Gasteiger partial charge in [-0.3, -0.25) is 4.79 Å². The van der Waals surface area contributed by atoms with Crippen molar-refractivity contribution in [1.29, 1.82) is 0 Å². The summed E-state index contributed by atoms with van der Waals surface area (Å²) in [5.74, 6) is 0.0107. The van der Waals surface area contributed by atoms with Gasteiger partial charge in [0.2, 0.25) is 0 Å². The molecule has 4 saturated heterocycles. The lowest BCUT2D eigenvalue weighted by molar-refractivity contribution is -0.367. The van der Waals surface area contributed by atoms with Crippen LogP contribution in [0, 0.1) is 38.9 Å². The first-order valence-electron chi connectivity index (χ1n) is 20.5. The molecule has 4 saturated carbocycles. The molecule has 55 heavy (non-hydrogen) atoms. The molecule has 2 bridgehead atoms. The molecule has 4 heterocycles. The Kier molecular flexibility index (Phi) is 9.47. The van der Waals surface area contributed by atoms with Crippen molar-refractivity contribution in [1.82, 2.24) is 0 Å². The van der Waals surface area contributed by atoms with Gasteiger partial charge in [-0.05, 0) is 116 Å². The highest BCUT2D eigenvalue weighted by Crippen LogP contribution is 2.77. The number of aliphatic hydroxyl groups excluding tert-OH is 7. The van der Waals surface area contributed by atoms with E-state index in [0.717, 1.165) is 36.8 Å². The molecule has 5 aliphatic carbocycles. The molecule has 0 amide bonds. The maximum absolute atomic E-state index is 13.7. The Bertz CT molecular complexity index is 1580. The summed E-state index contributed by atoms with van der Waals surface area (Å²) in [6, 6.07) is 0. The van der Waals surface area contributed by atoms with Crippen LogP contribution in [-0.2, 0) is 28.5 Å². The number of hydrogen-bond acceptors (Lipinski definition) is 14. The molecule has 9 rings (SSSR count). The van der Waals surface area contributed by atoms with Crippen LogP contribution in [0.15, 0.2) is 11.1 Å². The van der Waals surface area contributed by atoms with Crippen molar-refractivity contribution >= 4 is 5.97 Å². The molecule has 0 radical (unpaired) electrons. The standard InChI is InChI=1S/C41H64O14/c1-35(2)22-8-11-37(4)23(16-19(43)25-31-40(7,50)39(6)13-15-41(31,34(49)55-39)14-12-38(25,37)5)36(22,3)10-9-24(35)53-33-30(26(45)20(44)18-51-33)54-32-29(48)28(47)27(46)21(17-42)52-32/h19-24,26-30,32-33,42-48,50H,8-18H2,1-7H3/t19-,20+,21-,22+,23-,24+,26+,27-,28+,29-,30-,32+,33+,36+,37-,38-,39+,40+,41-/m1/s1. The van der Waals surface area contributed by atoms with E-state index in [2.05, 4.69) is 34.6 Å². The SMILES string of the molecule is CC1(C)[C@@H](O[C@@H]2OC[C@H](O)[C@H](O)[C@H]2O[C@@H]2O[C@H](CO)[C@@H](O)[C@H](O)[C@H]2O)CC[C@]2(C)[C@H]3C[C@@H](O)C4=C5[C@]6(CC[C@](C)(OC6=O)[C@@]5(C)O)CC[C@@]4(C)[C@]3(C)CC[C@@H]12. The summed E-state index contributed by atoms with van der Waals surface area (Å²) in [7, 11) is 0. The number of rotatable bonds is 5. The molecule has 1 spiro atoms. The molecule has 4 aliphatic heterocycles. The fourth-order valence-electron chi connectivity index (χ4n) is 13.9. The quantitative estimate of drug-likeness (QED) is 0.112. The van der Waals surface area contributed by atoms with Gasteiger partial charge in [-0.15, -0.1) is 0 Å². The van der Waals surface area contributed by atoms with Crippen molar-refractivity contribution in [3.8, 4) is 0 Å². The van der Waals surface area contributed by atoms with Crippen LogP contribution in [0.25, 0.3) is 0 Å². The highest BCUT2D eigenvalue weighted by atomic mass is 16.8. The number of aliphatic hydroxyl groups is 8. The number of carbonyl (C=O) groups excluding carboxylic acids is 1. The Morgan fingerprint density at radius 2 is 1.45 bits per heavy atom. The van der Waals surface area contributed by atoms with Gasteiger partial charge >= 0.3 is 5.97 Å². The molecule has 8 N–H and O–H groups in total. The average Bonchev–Trinajstić information content (AvgIpc) is 3.11. The molecule has 8 fully saturated rings. The Balaban J connectivity index is 1.07. The molecule has 19 atom stereocenters. The Morgan fingerprint density at radius 1 is 0.764 bits per heavy atom. The minimum Gasteiger partial charge on any atom is -0.455 e. The van der Waals surface area contributed by atoms with Crippen LogP contribution in [0.4, 0.5) is 0 Å². The van der Waals surface area contributed by atoms with E-state index >= 15 is 0 Å². The zero-order valence-electron chi connectivity index (χ0n) is 33.3. The zero-order chi connectivity index (χ0) is 40.1. The molecule has 0 unspecified atom stereocenters. The number of ether oxygens (including phenoxy) is 5. The highest BCUT2D eigenvalue weighted by Gasteiger charge is 2.75. The first-order chi connectivity index (χ1) is 25.5. The van der Waals surface area contributed by atoms with Gasteiger partial charge in [-0.25, -0.2) is 0 Å². The second-order valence-electron chi connectivity index (χ2n) is 20.3. The van der Waals surface area contributed by atoms with Gasteiger partial charge in [0.25, 0.3) is 0 Å². The van der Waals surface area contributed by atoms with Crippen molar-refractivity contribution in [3.05, 3.63) is 11.1 Å². The molecule has 14 nitrogen and oxygen atoms in total. The van der Waals surface area contributed by atoms with E-state index in [1.54, 1.807) is 6.92 Å². The van der Waals surface area contributed by atoms with E-state index in [1.807, 2.05) is 6.92 Å². The largest absolute Gasteiger partial charge is 0.455 e. The lowest BCUT2D eigenvalue weighted by Gasteiger charge is -2.73. The lowest BCUT2D eigenvalue weighted by atomic mass is 9.33. The monoisotopic (exact) mass is 780 g/mol. The second kappa shape index (κ2) is 12.9. The maximum Gasteiger partial charge on any atom is 0.317 e. The summed E-state index contributed by atoms with van der Waals surface area (Å²) in [5.41, 5.74) is -3.10. The first kappa shape index (κ1) is 40.5. The van der Waals surface area contributed by atoms with E-state index < -0.39 is 95.5 Å². The number of esters is 1. The number of hydrogen-bond donors (Lipinski definition) is 8. The van der Waals surface area contributed by atoms with E-state index in [9.17, 15) is 45.6 Å². The Morgan fingerprint density at radius 3 is 2.13 bits per heavy atom. The Labute approximate surface area is 323 Å². The third kappa shape index (κ3) is 5.25. The van der Waals surface area contributed by atoms with Crippen LogP contribution in [0.3, 0.4) is 0 Å². The zero-order valence-corrected chi connectivity index (χ0v) is 33.3. The fraction of sp³-hybridized carbons (Fsp3) is 0.927. The molecule has 0 aromatic carbocycles. The van der Waals surface area contributed by atoms with Gasteiger partial charge < -0.3 is 64.5 Å². The van der Waals surface area contributed by atoms with Crippen LogP contribution < -0.4 is 0 Å². The van der Waals surface area contributed by atoms with Gasteiger partial charge in [0.15, 0.2) is 12.6 Å². The summed E-state index contributed by atoms with van der Waals surface area (Å²) in [6.45, 7) is 14.1. The third-order valence-electron chi connectivity index (χ3n) is 17.6. The van der Waals surface area contributed by atoms with Crippen LogP contribution in [0.5, 0.6) is 0 Å². The molecular formula is C41H64O14. The fourth-order valence-corrected chi connectivity index (χ4v) is 13.9. The van der Waals surface area contributed by atoms with E-state index in [4.69, 9.17) is 23.7 Å². The minimum absolute atomic E-state index is 0.121.